The van der Waals surface area contributed by atoms with Gasteiger partial charge in [0.15, 0.2) is 5.82 Å². The van der Waals surface area contributed by atoms with E-state index in [1.54, 1.807) is 23.1 Å². The van der Waals surface area contributed by atoms with Gasteiger partial charge in [0, 0.05) is 16.5 Å². The number of hydrogen-bond donors (Lipinski definition) is 0. The van der Waals surface area contributed by atoms with Crippen molar-refractivity contribution in [1.82, 2.24) is 15.1 Å². The lowest BCUT2D eigenvalue weighted by Gasteiger charge is -2.14. The number of aryl methyl sites for hydroxylation is 1. The normalized spacial score (nSPS) is 13.7. The number of aromatic nitrogens is 3. The molecule has 2 aromatic rings. The lowest BCUT2D eigenvalue weighted by molar-refractivity contribution is 0.376. The van der Waals surface area contributed by atoms with E-state index in [0.717, 1.165) is 16.5 Å². The van der Waals surface area contributed by atoms with Crippen LogP contribution >= 0.6 is 23.1 Å². The molecular weight excluding hydrogens is 278 g/mol. The lowest BCUT2D eigenvalue weighted by atomic mass is 9.93. The first-order chi connectivity index (χ1) is 8.86. The van der Waals surface area contributed by atoms with Crippen LogP contribution in [-0.4, -0.2) is 15.1 Å². The molecule has 0 bridgehead atoms. The molecule has 19 heavy (non-hydrogen) atoms. The monoisotopic (exact) mass is 297 g/mol. The molecule has 0 N–H and O–H groups in total. The fourth-order valence-corrected chi connectivity index (χ4v) is 3.44. The highest BCUT2D eigenvalue weighted by molar-refractivity contribution is 7.98. The van der Waals surface area contributed by atoms with Gasteiger partial charge in [-0.15, -0.1) is 23.1 Å². The summed E-state index contributed by atoms with van der Waals surface area (Å²) in [5.74, 6) is 2.25. The van der Waals surface area contributed by atoms with Gasteiger partial charge in [-0.25, -0.2) is 4.98 Å². The van der Waals surface area contributed by atoms with Crippen LogP contribution < -0.4 is 0 Å². The molecule has 0 spiro atoms. The predicted octanol–water partition coefficient (Wildman–Crippen LogP) is 4.13. The number of thiazole rings is 1. The molecule has 0 fully saturated rings. The van der Waals surface area contributed by atoms with E-state index in [-0.39, 0.29) is 10.7 Å². The van der Waals surface area contributed by atoms with Crippen molar-refractivity contribution >= 4 is 23.1 Å². The summed E-state index contributed by atoms with van der Waals surface area (Å²) < 4.78 is 5.18. The molecule has 0 amide bonds. The van der Waals surface area contributed by atoms with E-state index in [9.17, 15) is 0 Å². The minimum absolute atomic E-state index is 0.120. The highest BCUT2D eigenvalue weighted by Gasteiger charge is 2.18. The predicted molar refractivity (Wildman–Crippen MR) is 79.6 cm³/mol. The number of hydrogen-bond acceptors (Lipinski definition) is 6. The van der Waals surface area contributed by atoms with Crippen molar-refractivity contribution in [3.63, 3.8) is 0 Å². The third-order valence-electron chi connectivity index (χ3n) is 2.67. The van der Waals surface area contributed by atoms with Crippen LogP contribution in [0.4, 0.5) is 0 Å². The molecule has 0 aromatic carbocycles. The molecule has 0 unspecified atom stereocenters. The first-order valence-corrected chi connectivity index (χ1v) is 8.16. The van der Waals surface area contributed by atoms with Crippen LogP contribution in [-0.2, 0) is 11.2 Å². The van der Waals surface area contributed by atoms with Crippen molar-refractivity contribution in [1.29, 1.82) is 0 Å². The first-order valence-electron chi connectivity index (χ1n) is 6.23. The Hall–Kier alpha value is -0.880. The Labute approximate surface area is 122 Å². The van der Waals surface area contributed by atoms with E-state index in [2.05, 4.69) is 48.2 Å². The zero-order valence-electron chi connectivity index (χ0n) is 11.9. The van der Waals surface area contributed by atoms with Crippen LogP contribution in [0.25, 0.3) is 0 Å². The summed E-state index contributed by atoms with van der Waals surface area (Å²) in [5.41, 5.74) is 1.28. The molecule has 0 aliphatic heterocycles. The zero-order chi connectivity index (χ0) is 14.0. The molecule has 0 radical (unpaired) electrons. The summed E-state index contributed by atoms with van der Waals surface area (Å²) in [4.78, 5) is 8.94. The van der Waals surface area contributed by atoms with Gasteiger partial charge in [-0.1, -0.05) is 25.9 Å². The van der Waals surface area contributed by atoms with Crippen LogP contribution in [0.3, 0.4) is 0 Å². The second-order valence-electron chi connectivity index (χ2n) is 5.51. The van der Waals surface area contributed by atoms with E-state index >= 15 is 0 Å². The quantitative estimate of drug-likeness (QED) is 0.849. The second-order valence-corrected chi connectivity index (χ2v) is 7.78. The Kier molecular flexibility index (Phi) is 4.30. The summed E-state index contributed by atoms with van der Waals surface area (Å²) in [7, 11) is 0. The lowest BCUT2D eigenvalue weighted by Crippen LogP contribution is -2.11. The van der Waals surface area contributed by atoms with Crippen molar-refractivity contribution < 1.29 is 4.52 Å². The van der Waals surface area contributed by atoms with Gasteiger partial charge in [0.2, 0.25) is 5.89 Å². The Bertz CT molecular complexity index is 542. The van der Waals surface area contributed by atoms with Crippen LogP contribution in [0, 0.1) is 6.92 Å². The third-order valence-corrected chi connectivity index (χ3v) is 4.84. The molecule has 0 aliphatic carbocycles. The highest BCUT2D eigenvalue weighted by atomic mass is 32.2. The van der Waals surface area contributed by atoms with Crippen molar-refractivity contribution in [2.45, 2.75) is 51.0 Å². The zero-order valence-corrected chi connectivity index (χ0v) is 13.6. The SMILES string of the molecule is Cc1noc([C@H](C)SCc2nc(C(C)(C)C)cs2)n1. The van der Waals surface area contributed by atoms with Crippen LogP contribution in [0.5, 0.6) is 0 Å². The van der Waals surface area contributed by atoms with Gasteiger partial charge in [-0.2, -0.15) is 4.98 Å². The number of nitrogens with zero attached hydrogens (tertiary/aromatic N) is 3. The molecule has 104 valence electrons. The van der Waals surface area contributed by atoms with Gasteiger partial charge >= 0.3 is 0 Å². The van der Waals surface area contributed by atoms with Gasteiger partial charge in [0.1, 0.15) is 5.01 Å². The maximum atomic E-state index is 5.18. The van der Waals surface area contributed by atoms with Gasteiger partial charge < -0.3 is 4.52 Å². The molecule has 2 heterocycles. The van der Waals surface area contributed by atoms with Crippen molar-refractivity contribution in [3.05, 3.63) is 27.8 Å². The maximum Gasteiger partial charge on any atom is 0.239 e. The Morgan fingerprint density at radius 3 is 2.63 bits per heavy atom. The Balaban J connectivity index is 1.94. The van der Waals surface area contributed by atoms with E-state index in [1.165, 1.54) is 0 Å². The fraction of sp³-hybridized carbons (Fsp3) is 0.615. The molecule has 6 heteroatoms. The second kappa shape index (κ2) is 5.63. The van der Waals surface area contributed by atoms with Gasteiger partial charge in [0.05, 0.1) is 10.9 Å². The van der Waals surface area contributed by atoms with E-state index in [4.69, 9.17) is 4.52 Å². The Morgan fingerprint density at radius 1 is 1.37 bits per heavy atom. The van der Waals surface area contributed by atoms with Crippen LogP contribution in [0.1, 0.15) is 55.4 Å². The van der Waals surface area contributed by atoms with Crippen molar-refractivity contribution in [3.8, 4) is 0 Å². The molecule has 0 saturated heterocycles. The van der Waals surface area contributed by atoms with Gasteiger partial charge in [-0.05, 0) is 13.8 Å². The third kappa shape index (κ3) is 3.79. The summed E-state index contributed by atoms with van der Waals surface area (Å²) in [6.45, 7) is 10.5. The number of rotatable bonds is 4. The summed E-state index contributed by atoms with van der Waals surface area (Å²) in [6.07, 6.45) is 0. The summed E-state index contributed by atoms with van der Waals surface area (Å²) in [6, 6.07) is 0. The fourth-order valence-electron chi connectivity index (χ4n) is 1.47. The van der Waals surface area contributed by atoms with Crippen molar-refractivity contribution in [2.24, 2.45) is 0 Å². The average Bonchev–Trinajstić information content (AvgIpc) is 2.93. The average molecular weight is 297 g/mol. The van der Waals surface area contributed by atoms with E-state index in [0.29, 0.717) is 11.7 Å². The number of thioether (sulfide) groups is 1. The van der Waals surface area contributed by atoms with Crippen LogP contribution in [0.2, 0.25) is 0 Å². The topological polar surface area (TPSA) is 51.8 Å². The summed E-state index contributed by atoms with van der Waals surface area (Å²) >= 11 is 3.49. The highest BCUT2D eigenvalue weighted by Crippen LogP contribution is 2.32. The Morgan fingerprint density at radius 2 is 2.11 bits per heavy atom. The van der Waals surface area contributed by atoms with Crippen molar-refractivity contribution in [2.75, 3.05) is 0 Å². The summed E-state index contributed by atoms with van der Waals surface area (Å²) in [5, 5.41) is 7.32. The van der Waals surface area contributed by atoms with Crippen LogP contribution in [0.15, 0.2) is 9.90 Å². The van der Waals surface area contributed by atoms with E-state index in [1.807, 2.05) is 6.92 Å². The molecule has 0 aliphatic rings. The maximum absolute atomic E-state index is 5.18. The largest absolute Gasteiger partial charge is 0.338 e. The van der Waals surface area contributed by atoms with Gasteiger partial charge in [0.25, 0.3) is 0 Å². The molecule has 0 saturated carbocycles. The standard InChI is InChI=1S/C13H19N3OS2/c1-8(12-14-9(2)16-17-12)18-7-11-15-10(6-19-11)13(3,4)5/h6,8H,7H2,1-5H3/t8-/m0/s1. The minimum Gasteiger partial charge on any atom is -0.338 e. The molecule has 1 atom stereocenters. The molecule has 4 nitrogen and oxygen atoms in total. The molecule has 2 aromatic heterocycles. The first kappa shape index (κ1) is 14.5. The molecule has 2 rings (SSSR count). The minimum atomic E-state index is 0.120. The molecular formula is C13H19N3OS2. The smallest absolute Gasteiger partial charge is 0.239 e. The van der Waals surface area contributed by atoms with Gasteiger partial charge in [-0.3, -0.25) is 0 Å². The van der Waals surface area contributed by atoms with E-state index < -0.39 is 0 Å².